The molecule has 6 nitrogen and oxygen atoms in total. The monoisotopic (exact) mass is 305 g/mol. The van der Waals surface area contributed by atoms with Crippen molar-refractivity contribution in [2.75, 3.05) is 39.9 Å². The van der Waals surface area contributed by atoms with Gasteiger partial charge in [-0.05, 0) is 25.3 Å². The Bertz CT molecular complexity index is 409. The average molecular weight is 305 g/mol. The van der Waals surface area contributed by atoms with Gasteiger partial charge in [-0.1, -0.05) is 13.8 Å². The first kappa shape index (κ1) is 16.2. The first-order valence-corrected chi connectivity index (χ1v) is 8.93. The number of hydrogen-bond acceptors (Lipinski definition) is 4. The molecule has 0 bridgehead atoms. The van der Waals surface area contributed by atoms with Gasteiger partial charge in [0.2, 0.25) is 0 Å². The van der Waals surface area contributed by atoms with Crippen LogP contribution in [0.4, 0.5) is 0 Å². The van der Waals surface area contributed by atoms with Gasteiger partial charge in [-0.3, -0.25) is 0 Å². The zero-order valence-electron chi connectivity index (χ0n) is 12.7. The third kappa shape index (κ3) is 3.71. The fourth-order valence-electron chi connectivity index (χ4n) is 3.00. The molecular weight excluding hydrogens is 278 g/mol. The topological polar surface area (TPSA) is 61.9 Å². The molecule has 20 heavy (non-hydrogen) atoms. The summed E-state index contributed by atoms with van der Waals surface area (Å²) in [5.74, 6) is 0.354. The Morgan fingerprint density at radius 3 is 2.50 bits per heavy atom. The largest absolute Gasteiger partial charge is 0.381 e. The quantitative estimate of drug-likeness (QED) is 0.792. The van der Waals surface area contributed by atoms with Crippen molar-refractivity contribution in [3.8, 4) is 0 Å². The number of hydrogen-bond donors (Lipinski definition) is 1. The zero-order valence-corrected chi connectivity index (χ0v) is 13.5. The van der Waals surface area contributed by atoms with E-state index in [4.69, 9.17) is 4.74 Å². The molecule has 2 heterocycles. The van der Waals surface area contributed by atoms with Crippen molar-refractivity contribution >= 4 is 10.2 Å². The summed E-state index contributed by atoms with van der Waals surface area (Å²) in [6.45, 7) is 8.25. The molecule has 0 aromatic heterocycles. The molecule has 2 aliphatic heterocycles. The van der Waals surface area contributed by atoms with Gasteiger partial charge >= 0.3 is 0 Å². The van der Waals surface area contributed by atoms with Crippen LogP contribution in [0.15, 0.2) is 0 Å². The van der Waals surface area contributed by atoms with Crippen LogP contribution >= 0.6 is 0 Å². The van der Waals surface area contributed by atoms with Crippen LogP contribution in [0.25, 0.3) is 0 Å². The standard InChI is InChI=1S/C13H27N3O3S/c1-4-16-9-11(2)13(10-16)14-20(17,18)15(3)12-5-7-19-8-6-12/h11-14H,4-10H2,1-3H3/t11-,13+/m0/s1. The molecule has 0 radical (unpaired) electrons. The van der Waals surface area contributed by atoms with E-state index >= 15 is 0 Å². The van der Waals surface area contributed by atoms with Gasteiger partial charge in [-0.25, -0.2) is 0 Å². The molecule has 1 N–H and O–H groups in total. The van der Waals surface area contributed by atoms with Gasteiger partial charge in [0.1, 0.15) is 0 Å². The van der Waals surface area contributed by atoms with Gasteiger partial charge < -0.3 is 9.64 Å². The number of nitrogens with one attached hydrogen (secondary N) is 1. The summed E-state index contributed by atoms with van der Waals surface area (Å²) in [6, 6.07) is 0.0717. The number of nitrogens with zero attached hydrogens (tertiary/aromatic N) is 2. The van der Waals surface area contributed by atoms with Crippen molar-refractivity contribution in [3.05, 3.63) is 0 Å². The first-order chi connectivity index (χ1) is 9.44. The lowest BCUT2D eigenvalue weighted by atomic mass is 10.1. The van der Waals surface area contributed by atoms with E-state index in [0.717, 1.165) is 32.5 Å². The highest BCUT2D eigenvalue weighted by atomic mass is 32.2. The maximum atomic E-state index is 12.5. The van der Waals surface area contributed by atoms with E-state index in [-0.39, 0.29) is 12.1 Å². The van der Waals surface area contributed by atoms with Gasteiger partial charge in [0, 0.05) is 45.4 Å². The Morgan fingerprint density at radius 1 is 1.30 bits per heavy atom. The molecular formula is C13H27N3O3S. The smallest absolute Gasteiger partial charge is 0.279 e. The van der Waals surface area contributed by atoms with Crippen molar-refractivity contribution in [3.63, 3.8) is 0 Å². The normalized spacial score (nSPS) is 30.2. The van der Waals surface area contributed by atoms with Crippen molar-refractivity contribution in [2.45, 2.75) is 38.8 Å². The van der Waals surface area contributed by atoms with Crippen LogP contribution in [0.1, 0.15) is 26.7 Å². The SMILES string of the molecule is CCN1C[C@H](C)[C@H](NS(=O)(=O)N(C)C2CCOCC2)C1. The lowest BCUT2D eigenvalue weighted by molar-refractivity contribution is 0.0628. The molecule has 0 aromatic rings. The Labute approximate surface area is 122 Å². The molecule has 7 heteroatoms. The molecule has 2 atom stereocenters. The fourth-order valence-corrected chi connectivity index (χ4v) is 4.46. The second kappa shape index (κ2) is 6.70. The molecule has 118 valence electrons. The highest BCUT2D eigenvalue weighted by Gasteiger charge is 2.35. The fraction of sp³-hybridized carbons (Fsp3) is 1.00. The van der Waals surface area contributed by atoms with Crippen molar-refractivity contribution in [1.29, 1.82) is 0 Å². The van der Waals surface area contributed by atoms with Crippen LogP contribution < -0.4 is 4.72 Å². The van der Waals surface area contributed by atoms with E-state index in [1.165, 1.54) is 4.31 Å². The summed E-state index contributed by atoms with van der Waals surface area (Å²) in [4.78, 5) is 2.28. The molecule has 0 spiro atoms. The third-order valence-corrected chi connectivity index (χ3v) is 6.18. The van der Waals surface area contributed by atoms with Gasteiger partial charge in [-0.15, -0.1) is 0 Å². The minimum atomic E-state index is -3.41. The molecule has 2 rings (SSSR count). The summed E-state index contributed by atoms with van der Waals surface area (Å²) in [5, 5.41) is 0. The van der Waals surface area contributed by atoms with E-state index in [1.807, 2.05) is 0 Å². The Hall–Kier alpha value is -0.210. The highest BCUT2D eigenvalue weighted by Crippen LogP contribution is 2.20. The van der Waals surface area contributed by atoms with Crippen LogP contribution in [-0.2, 0) is 14.9 Å². The van der Waals surface area contributed by atoms with E-state index in [2.05, 4.69) is 23.5 Å². The molecule has 2 saturated heterocycles. The molecule has 2 aliphatic rings. The molecule has 2 fully saturated rings. The Morgan fingerprint density at radius 2 is 1.95 bits per heavy atom. The number of rotatable bonds is 5. The predicted octanol–water partition coefficient (Wildman–Crippen LogP) is 0.272. The van der Waals surface area contributed by atoms with E-state index in [1.54, 1.807) is 7.05 Å². The second-order valence-corrected chi connectivity index (χ2v) is 7.68. The predicted molar refractivity (Wildman–Crippen MR) is 78.7 cm³/mol. The van der Waals surface area contributed by atoms with Crippen LogP contribution in [-0.4, -0.2) is 69.6 Å². The number of ether oxygens (including phenoxy) is 1. The molecule has 0 unspecified atom stereocenters. The third-order valence-electron chi connectivity index (χ3n) is 4.52. The summed E-state index contributed by atoms with van der Waals surface area (Å²) in [6.07, 6.45) is 1.55. The number of likely N-dealkylation sites (N-methyl/N-ethyl adjacent to an activating group) is 1. The highest BCUT2D eigenvalue weighted by molar-refractivity contribution is 7.87. The maximum absolute atomic E-state index is 12.5. The van der Waals surface area contributed by atoms with Crippen LogP contribution in [0.3, 0.4) is 0 Å². The maximum Gasteiger partial charge on any atom is 0.279 e. The minimum absolute atomic E-state index is 0.0160. The summed E-state index contributed by atoms with van der Waals surface area (Å²) >= 11 is 0. The Balaban J connectivity index is 1.96. The Kier molecular flexibility index (Phi) is 5.42. The van der Waals surface area contributed by atoms with E-state index < -0.39 is 10.2 Å². The lowest BCUT2D eigenvalue weighted by Crippen LogP contribution is -2.50. The summed E-state index contributed by atoms with van der Waals surface area (Å²) in [7, 11) is -1.73. The van der Waals surface area contributed by atoms with Crippen LogP contribution in [0.5, 0.6) is 0 Å². The van der Waals surface area contributed by atoms with E-state index in [9.17, 15) is 8.42 Å². The van der Waals surface area contributed by atoms with Crippen molar-refractivity contribution in [1.82, 2.24) is 13.9 Å². The second-order valence-electron chi connectivity index (χ2n) is 5.92. The molecule has 0 saturated carbocycles. The minimum Gasteiger partial charge on any atom is -0.381 e. The van der Waals surface area contributed by atoms with E-state index in [0.29, 0.717) is 19.1 Å². The van der Waals surface area contributed by atoms with Crippen LogP contribution in [0, 0.1) is 5.92 Å². The van der Waals surface area contributed by atoms with Crippen molar-refractivity contribution in [2.24, 2.45) is 5.92 Å². The molecule has 0 aliphatic carbocycles. The summed E-state index contributed by atoms with van der Waals surface area (Å²) < 4.78 is 34.6. The number of likely N-dealkylation sites (tertiary alicyclic amines) is 1. The van der Waals surface area contributed by atoms with Gasteiger partial charge in [-0.2, -0.15) is 17.4 Å². The van der Waals surface area contributed by atoms with Crippen molar-refractivity contribution < 1.29 is 13.2 Å². The van der Waals surface area contributed by atoms with Gasteiger partial charge in [0.25, 0.3) is 10.2 Å². The zero-order chi connectivity index (χ0) is 14.8. The lowest BCUT2D eigenvalue weighted by Gasteiger charge is -2.31. The van der Waals surface area contributed by atoms with Gasteiger partial charge in [0.15, 0.2) is 0 Å². The average Bonchev–Trinajstić information content (AvgIpc) is 2.79. The van der Waals surface area contributed by atoms with Gasteiger partial charge in [0.05, 0.1) is 0 Å². The molecule has 0 amide bonds. The van der Waals surface area contributed by atoms with Crippen LogP contribution in [0.2, 0.25) is 0 Å². The molecule has 0 aromatic carbocycles. The summed E-state index contributed by atoms with van der Waals surface area (Å²) in [5.41, 5.74) is 0. The first-order valence-electron chi connectivity index (χ1n) is 7.49.